The molecule has 1 N–H and O–H groups in total. The highest BCUT2D eigenvalue weighted by Crippen LogP contribution is 1.96. The molecule has 0 atom stereocenters. The summed E-state index contributed by atoms with van der Waals surface area (Å²) in [6.45, 7) is 5.39. The standard InChI is InChI=1S/C10H19N3O/c1-3-14-8-4-6-13-7-5-10(12-13)9-11-2/h5,7,11H,3-4,6,8-9H2,1-2H3. The molecule has 4 nitrogen and oxygen atoms in total. The Kier molecular flexibility index (Phi) is 5.25. The van der Waals surface area contributed by atoms with E-state index in [2.05, 4.69) is 10.4 Å². The zero-order chi connectivity index (χ0) is 10.2. The summed E-state index contributed by atoms with van der Waals surface area (Å²) in [7, 11) is 1.92. The predicted octanol–water partition coefficient (Wildman–Crippen LogP) is 1.03. The van der Waals surface area contributed by atoms with Crippen molar-refractivity contribution in [3.8, 4) is 0 Å². The highest BCUT2D eigenvalue weighted by molar-refractivity contribution is 4.97. The molecule has 0 unspecified atom stereocenters. The van der Waals surface area contributed by atoms with Crippen molar-refractivity contribution < 1.29 is 4.74 Å². The predicted molar refractivity (Wildman–Crippen MR) is 56.1 cm³/mol. The van der Waals surface area contributed by atoms with Gasteiger partial charge in [-0.1, -0.05) is 0 Å². The maximum atomic E-state index is 5.26. The van der Waals surface area contributed by atoms with Gasteiger partial charge in [0.2, 0.25) is 0 Å². The van der Waals surface area contributed by atoms with Crippen molar-refractivity contribution in [2.75, 3.05) is 20.3 Å². The first kappa shape index (κ1) is 11.2. The largest absolute Gasteiger partial charge is 0.382 e. The Bertz CT molecular complexity index is 247. The topological polar surface area (TPSA) is 39.1 Å². The monoisotopic (exact) mass is 197 g/mol. The highest BCUT2D eigenvalue weighted by atomic mass is 16.5. The van der Waals surface area contributed by atoms with Gasteiger partial charge in [-0.05, 0) is 26.5 Å². The third-order valence-electron chi connectivity index (χ3n) is 1.93. The van der Waals surface area contributed by atoms with Crippen LogP contribution in [0.5, 0.6) is 0 Å². The average molecular weight is 197 g/mol. The number of aromatic nitrogens is 2. The minimum absolute atomic E-state index is 0.796. The summed E-state index contributed by atoms with van der Waals surface area (Å²) >= 11 is 0. The van der Waals surface area contributed by atoms with Crippen LogP contribution in [0.2, 0.25) is 0 Å². The van der Waals surface area contributed by atoms with Crippen molar-refractivity contribution in [3.63, 3.8) is 0 Å². The van der Waals surface area contributed by atoms with Crippen LogP contribution in [-0.2, 0) is 17.8 Å². The summed E-state index contributed by atoms with van der Waals surface area (Å²) in [4.78, 5) is 0. The van der Waals surface area contributed by atoms with Crippen molar-refractivity contribution in [2.24, 2.45) is 0 Å². The zero-order valence-corrected chi connectivity index (χ0v) is 8.99. The van der Waals surface area contributed by atoms with Crippen LogP contribution in [0.15, 0.2) is 12.3 Å². The summed E-state index contributed by atoms with van der Waals surface area (Å²) in [6, 6.07) is 2.04. The van der Waals surface area contributed by atoms with Gasteiger partial charge in [0.15, 0.2) is 0 Å². The van der Waals surface area contributed by atoms with Gasteiger partial charge in [-0.3, -0.25) is 4.68 Å². The Morgan fingerprint density at radius 3 is 3.14 bits per heavy atom. The molecule has 0 saturated heterocycles. The molecule has 0 amide bonds. The van der Waals surface area contributed by atoms with Crippen LogP contribution >= 0.6 is 0 Å². The molecule has 4 heteroatoms. The van der Waals surface area contributed by atoms with Crippen LogP contribution in [0.1, 0.15) is 19.0 Å². The number of rotatable bonds is 7. The lowest BCUT2D eigenvalue weighted by atomic mass is 10.4. The Morgan fingerprint density at radius 1 is 1.57 bits per heavy atom. The molecule has 80 valence electrons. The summed E-state index contributed by atoms with van der Waals surface area (Å²) in [5.41, 5.74) is 1.09. The third-order valence-corrected chi connectivity index (χ3v) is 1.93. The molecular weight excluding hydrogens is 178 g/mol. The summed E-state index contributed by atoms with van der Waals surface area (Å²) in [5, 5.41) is 7.47. The van der Waals surface area contributed by atoms with E-state index < -0.39 is 0 Å². The Balaban J connectivity index is 2.22. The van der Waals surface area contributed by atoms with Crippen molar-refractivity contribution in [3.05, 3.63) is 18.0 Å². The molecule has 0 spiro atoms. The van der Waals surface area contributed by atoms with E-state index >= 15 is 0 Å². The smallest absolute Gasteiger partial charge is 0.0762 e. The van der Waals surface area contributed by atoms with Crippen LogP contribution < -0.4 is 5.32 Å². The maximum Gasteiger partial charge on any atom is 0.0762 e. The molecular formula is C10H19N3O. The van der Waals surface area contributed by atoms with E-state index in [1.165, 1.54) is 0 Å². The number of hydrogen-bond acceptors (Lipinski definition) is 3. The molecule has 1 aromatic rings. The number of nitrogens with one attached hydrogen (secondary N) is 1. The first-order chi connectivity index (χ1) is 6.86. The van der Waals surface area contributed by atoms with E-state index in [-0.39, 0.29) is 0 Å². The van der Waals surface area contributed by atoms with Crippen LogP contribution in [0.4, 0.5) is 0 Å². The number of nitrogens with zero attached hydrogens (tertiary/aromatic N) is 2. The molecule has 0 fully saturated rings. The Morgan fingerprint density at radius 2 is 2.43 bits per heavy atom. The number of ether oxygens (including phenoxy) is 1. The van der Waals surface area contributed by atoms with E-state index in [0.717, 1.165) is 38.4 Å². The fraction of sp³-hybridized carbons (Fsp3) is 0.700. The minimum Gasteiger partial charge on any atom is -0.382 e. The molecule has 0 aliphatic rings. The van der Waals surface area contributed by atoms with Gasteiger partial charge < -0.3 is 10.1 Å². The van der Waals surface area contributed by atoms with E-state index in [1.54, 1.807) is 0 Å². The van der Waals surface area contributed by atoms with Crippen molar-refractivity contribution >= 4 is 0 Å². The second-order valence-electron chi connectivity index (χ2n) is 3.15. The molecule has 1 aromatic heterocycles. The van der Waals surface area contributed by atoms with E-state index in [9.17, 15) is 0 Å². The van der Waals surface area contributed by atoms with Crippen molar-refractivity contribution in [2.45, 2.75) is 26.4 Å². The van der Waals surface area contributed by atoms with Crippen LogP contribution in [-0.4, -0.2) is 30.0 Å². The molecule has 1 heterocycles. The summed E-state index contributed by atoms with van der Waals surface area (Å²) < 4.78 is 7.22. The van der Waals surface area contributed by atoms with Crippen molar-refractivity contribution in [1.29, 1.82) is 0 Å². The van der Waals surface area contributed by atoms with Crippen molar-refractivity contribution in [1.82, 2.24) is 15.1 Å². The van der Waals surface area contributed by atoms with Gasteiger partial charge >= 0.3 is 0 Å². The van der Waals surface area contributed by atoms with E-state index in [4.69, 9.17) is 4.74 Å². The second kappa shape index (κ2) is 6.56. The van der Waals surface area contributed by atoms with Gasteiger partial charge in [-0.2, -0.15) is 5.10 Å². The first-order valence-electron chi connectivity index (χ1n) is 5.11. The molecule has 0 aliphatic carbocycles. The number of hydrogen-bond donors (Lipinski definition) is 1. The third kappa shape index (κ3) is 3.89. The highest BCUT2D eigenvalue weighted by Gasteiger charge is 1.96. The van der Waals surface area contributed by atoms with Gasteiger partial charge in [0.05, 0.1) is 5.69 Å². The van der Waals surface area contributed by atoms with Gasteiger partial charge in [-0.15, -0.1) is 0 Å². The fourth-order valence-corrected chi connectivity index (χ4v) is 1.28. The van der Waals surface area contributed by atoms with E-state index in [0.29, 0.717) is 0 Å². The average Bonchev–Trinajstić information content (AvgIpc) is 2.61. The molecule has 0 aromatic carbocycles. The Hall–Kier alpha value is -0.870. The first-order valence-corrected chi connectivity index (χ1v) is 5.11. The van der Waals surface area contributed by atoms with Crippen LogP contribution in [0.25, 0.3) is 0 Å². The maximum absolute atomic E-state index is 5.26. The van der Waals surface area contributed by atoms with E-state index in [1.807, 2.05) is 30.9 Å². The number of aryl methyl sites for hydroxylation is 1. The SMILES string of the molecule is CCOCCCn1ccc(CNC)n1. The second-order valence-corrected chi connectivity index (χ2v) is 3.15. The molecule has 14 heavy (non-hydrogen) atoms. The quantitative estimate of drug-likeness (QED) is 0.664. The normalized spacial score (nSPS) is 10.7. The molecule has 1 rings (SSSR count). The molecule has 0 aliphatic heterocycles. The van der Waals surface area contributed by atoms with Gasteiger partial charge in [-0.25, -0.2) is 0 Å². The lowest BCUT2D eigenvalue weighted by Crippen LogP contribution is -2.08. The van der Waals surface area contributed by atoms with Crippen LogP contribution in [0.3, 0.4) is 0 Å². The fourth-order valence-electron chi connectivity index (χ4n) is 1.28. The zero-order valence-electron chi connectivity index (χ0n) is 8.99. The summed E-state index contributed by atoms with van der Waals surface area (Å²) in [5.74, 6) is 0. The molecule has 0 radical (unpaired) electrons. The lowest BCUT2D eigenvalue weighted by Gasteiger charge is -2.01. The van der Waals surface area contributed by atoms with Crippen LogP contribution in [0, 0.1) is 0 Å². The molecule has 0 saturated carbocycles. The van der Waals surface area contributed by atoms with Gasteiger partial charge in [0.25, 0.3) is 0 Å². The minimum atomic E-state index is 0.796. The Labute approximate surface area is 85.3 Å². The van der Waals surface area contributed by atoms with Gasteiger partial charge in [0.1, 0.15) is 0 Å². The molecule has 0 bridgehead atoms. The van der Waals surface area contributed by atoms with Gasteiger partial charge in [0, 0.05) is 32.5 Å². The summed E-state index contributed by atoms with van der Waals surface area (Å²) in [6.07, 6.45) is 3.03. The lowest BCUT2D eigenvalue weighted by molar-refractivity contribution is 0.140.